The van der Waals surface area contributed by atoms with Crippen LogP contribution in [0.2, 0.25) is 0 Å². The Labute approximate surface area is 122 Å². The summed E-state index contributed by atoms with van der Waals surface area (Å²) < 4.78 is 7.61. The van der Waals surface area contributed by atoms with Crippen molar-refractivity contribution >= 4 is 11.6 Å². The van der Waals surface area contributed by atoms with Crippen LogP contribution in [0.25, 0.3) is 0 Å². The van der Waals surface area contributed by atoms with E-state index in [0.29, 0.717) is 25.3 Å². The number of nitrogens with zero attached hydrogens (tertiary/aromatic N) is 4. The molecule has 0 bridgehead atoms. The van der Waals surface area contributed by atoms with Crippen LogP contribution in [-0.4, -0.2) is 46.5 Å². The van der Waals surface area contributed by atoms with Crippen molar-refractivity contribution in [1.82, 2.24) is 14.8 Å². The number of primary amides is 1. The lowest BCUT2D eigenvalue weighted by molar-refractivity contribution is 0.0273. The Balaban J connectivity index is 1.75. The van der Waals surface area contributed by atoms with Crippen LogP contribution in [0.15, 0.2) is 36.9 Å². The first kappa shape index (κ1) is 13.6. The van der Waals surface area contributed by atoms with Gasteiger partial charge in [-0.2, -0.15) is 5.10 Å². The van der Waals surface area contributed by atoms with Crippen molar-refractivity contribution < 1.29 is 9.53 Å². The molecule has 0 spiro atoms. The summed E-state index contributed by atoms with van der Waals surface area (Å²) in [7, 11) is 0. The second kappa shape index (κ2) is 5.92. The molecule has 1 atom stereocenters. The molecule has 2 aromatic rings. The van der Waals surface area contributed by atoms with Gasteiger partial charge in [0, 0.05) is 37.9 Å². The highest BCUT2D eigenvalue weighted by molar-refractivity contribution is 5.98. The van der Waals surface area contributed by atoms with Crippen LogP contribution >= 0.6 is 0 Å². The zero-order valence-electron chi connectivity index (χ0n) is 11.6. The van der Waals surface area contributed by atoms with Crippen LogP contribution in [0, 0.1) is 0 Å². The van der Waals surface area contributed by atoms with Crippen LogP contribution in [-0.2, 0) is 11.3 Å². The lowest BCUT2D eigenvalue weighted by atomic mass is 10.1. The summed E-state index contributed by atoms with van der Waals surface area (Å²) in [4.78, 5) is 17.6. The van der Waals surface area contributed by atoms with Crippen molar-refractivity contribution in [2.75, 3.05) is 24.6 Å². The van der Waals surface area contributed by atoms with Gasteiger partial charge in [0.25, 0.3) is 5.91 Å². The second-order valence-electron chi connectivity index (χ2n) is 4.92. The smallest absolute Gasteiger partial charge is 0.252 e. The van der Waals surface area contributed by atoms with E-state index < -0.39 is 5.91 Å². The number of hydrogen-bond donors (Lipinski definition) is 1. The predicted octanol–water partition coefficient (Wildman–Crippen LogP) is 0.282. The number of carbonyl (C=O) groups is 1. The summed E-state index contributed by atoms with van der Waals surface area (Å²) in [6, 6.07) is 3.70. The van der Waals surface area contributed by atoms with Crippen LogP contribution in [0.1, 0.15) is 10.4 Å². The van der Waals surface area contributed by atoms with Crippen LogP contribution in [0.3, 0.4) is 0 Å². The number of nitrogens with two attached hydrogens (primary N) is 1. The maximum atomic E-state index is 11.5. The quantitative estimate of drug-likeness (QED) is 0.873. The van der Waals surface area contributed by atoms with E-state index in [0.717, 1.165) is 12.2 Å². The van der Waals surface area contributed by atoms with Crippen LogP contribution in [0.4, 0.5) is 5.69 Å². The first-order valence-electron chi connectivity index (χ1n) is 6.82. The van der Waals surface area contributed by atoms with Crippen LogP contribution in [0.5, 0.6) is 0 Å². The van der Waals surface area contributed by atoms with Crippen molar-refractivity contribution in [2.45, 2.75) is 12.6 Å². The summed E-state index contributed by atoms with van der Waals surface area (Å²) in [6.07, 6.45) is 6.85. The van der Waals surface area contributed by atoms with Crippen molar-refractivity contribution in [2.24, 2.45) is 5.73 Å². The lowest BCUT2D eigenvalue weighted by Gasteiger charge is -2.35. The molecule has 1 fully saturated rings. The highest BCUT2D eigenvalue weighted by Gasteiger charge is 2.24. The van der Waals surface area contributed by atoms with Crippen LogP contribution < -0.4 is 10.6 Å². The fraction of sp³-hybridized carbons (Fsp3) is 0.357. The molecule has 21 heavy (non-hydrogen) atoms. The number of amides is 1. The van der Waals surface area contributed by atoms with E-state index in [4.69, 9.17) is 10.5 Å². The van der Waals surface area contributed by atoms with Gasteiger partial charge in [0.05, 0.1) is 30.5 Å². The molecule has 1 unspecified atom stereocenters. The lowest BCUT2D eigenvalue weighted by Crippen LogP contribution is -2.45. The van der Waals surface area contributed by atoms with Gasteiger partial charge in [-0.3, -0.25) is 14.5 Å². The van der Waals surface area contributed by atoms with Gasteiger partial charge in [-0.25, -0.2) is 0 Å². The summed E-state index contributed by atoms with van der Waals surface area (Å²) >= 11 is 0. The number of morpholine rings is 1. The zero-order valence-corrected chi connectivity index (χ0v) is 11.6. The van der Waals surface area contributed by atoms with Crippen molar-refractivity contribution in [1.29, 1.82) is 0 Å². The number of carbonyl (C=O) groups excluding carboxylic acids is 1. The van der Waals surface area contributed by atoms with Gasteiger partial charge < -0.3 is 15.4 Å². The Morgan fingerprint density at radius 2 is 2.38 bits per heavy atom. The predicted molar refractivity (Wildman–Crippen MR) is 76.9 cm³/mol. The SMILES string of the molecule is NC(=O)c1cnccc1N1CCOC(Cn2cccn2)C1. The fourth-order valence-electron chi connectivity index (χ4n) is 2.52. The first-order valence-corrected chi connectivity index (χ1v) is 6.82. The van der Waals surface area contributed by atoms with Gasteiger partial charge in [0.2, 0.25) is 0 Å². The van der Waals surface area contributed by atoms with E-state index in [2.05, 4.69) is 15.0 Å². The van der Waals surface area contributed by atoms with Gasteiger partial charge in [-0.1, -0.05) is 0 Å². The molecule has 1 aliphatic heterocycles. The van der Waals surface area contributed by atoms with Gasteiger partial charge in [-0.05, 0) is 12.1 Å². The standard InChI is InChI=1S/C14H17N5O2/c15-14(20)12-8-16-4-2-13(12)18-6-7-21-11(9-18)10-19-5-1-3-17-19/h1-5,8,11H,6-7,9-10H2,(H2,15,20). The normalized spacial score (nSPS) is 18.7. The Hall–Kier alpha value is -2.41. The molecule has 1 aliphatic rings. The molecule has 7 heteroatoms. The minimum absolute atomic E-state index is 0.0209. The fourth-order valence-corrected chi connectivity index (χ4v) is 2.52. The molecule has 0 radical (unpaired) electrons. The topological polar surface area (TPSA) is 86.3 Å². The van der Waals surface area contributed by atoms with Crippen molar-refractivity contribution in [3.63, 3.8) is 0 Å². The molecular weight excluding hydrogens is 270 g/mol. The van der Waals surface area contributed by atoms with E-state index in [-0.39, 0.29) is 6.10 Å². The van der Waals surface area contributed by atoms with Gasteiger partial charge in [-0.15, -0.1) is 0 Å². The average molecular weight is 287 g/mol. The number of rotatable bonds is 4. The minimum atomic E-state index is -0.465. The van der Waals surface area contributed by atoms with E-state index in [1.807, 2.05) is 23.0 Å². The van der Waals surface area contributed by atoms with Crippen molar-refractivity contribution in [3.8, 4) is 0 Å². The molecule has 0 saturated carbocycles. The summed E-state index contributed by atoms with van der Waals surface area (Å²) in [5.74, 6) is -0.465. The largest absolute Gasteiger partial charge is 0.373 e. The maximum absolute atomic E-state index is 11.5. The molecule has 0 aromatic carbocycles. The number of aromatic nitrogens is 3. The maximum Gasteiger partial charge on any atom is 0.252 e. The third-order valence-corrected chi connectivity index (χ3v) is 3.49. The Morgan fingerprint density at radius 1 is 1.48 bits per heavy atom. The molecule has 110 valence electrons. The molecule has 1 saturated heterocycles. The van der Waals surface area contributed by atoms with Gasteiger partial charge in [0.1, 0.15) is 0 Å². The minimum Gasteiger partial charge on any atom is -0.373 e. The molecular formula is C14H17N5O2. The van der Waals surface area contributed by atoms with E-state index in [9.17, 15) is 4.79 Å². The summed E-state index contributed by atoms with van der Waals surface area (Å²) in [6.45, 7) is 2.69. The van der Waals surface area contributed by atoms with E-state index >= 15 is 0 Å². The molecule has 3 heterocycles. The van der Waals surface area contributed by atoms with Gasteiger partial charge in [0.15, 0.2) is 0 Å². The van der Waals surface area contributed by atoms with E-state index in [1.165, 1.54) is 6.20 Å². The van der Waals surface area contributed by atoms with Crippen molar-refractivity contribution in [3.05, 3.63) is 42.5 Å². The second-order valence-corrected chi connectivity index (χ2v) is 4.92. The molecule has 3 rings (SSSR count). The monoisotopic (exact) mass is 287 g/mol. The third-order valence-electron chi connectivity index (χ3n) is 3.49. The number of anilines is 1. The number of hydrogen-bond acceptors (Lipinski definition) is 5. The Bertz CT molecular complexity index is 614. The first-order chi connectivity index (χ1) is 10.2. The number of pyridine rings is 1. The Kier molecular flexibility index (Phi) is 3.83. The summed E-state index contributed by atoms with van der Waals surface area (Å²) in [5.41, 5.74) is 6.67. The third kappa shape index (κ3) is 3.03. The number of ether oxygens (including phenoxy) is 1. The Morgan fingerprint density at radius 3 is 3.14 bits per heavy atom. The molecule has 0 aliphatic carbocycles. The highest BCUT2D eigenvalue weighted by Crippen LogP contribution is 2.21. The zero-order chi connectivity index (χ0) is 14.7. The van der Waals surface area contributed by atoms with E-state index in [1.54, 1.807) is 12.4 Å². The van der Waals surface area contributed by atoms with Gasteiger partial charge >= 0.3 is 0 Å². The summed E-state index contributed by atoms with van der Waals surface area (Å²) in [5, 5.41) is 4.19. The average Bonchev–Trinajstić information content (AvgIpc) is 3.00. The molecule has 7 nitrogen and oxygen atoms in total. The highest BCUT2D eigenvalue weighted by atomic mass is 16.5. The molecule has 2 aromatic heterocycles. The molecule has 2 N–H and O–H groups in total. The molecule has 1 amide bonds.